The molecule has 1 amide bonds. The summed E-state index contributed by atoms with van der Waals surface area (Å²) < 4.78 is 16.2. The number of carbonyl (C=O) groups excluding carboxylic acids is 2. The van der Waals surface area contributed by atoms with Gasteiger partial charge in [-0.05, 0) is 22.3 Å². The lowest BCUT2D eigenvalue weighted by atomic mass is 9.98. The Labute approximate surface area is 157 Å². The molecule has 2 aromatic rings. The average molecular weight is 367 g/mol. The van der Waals surface area contributed by atoms with Gasteiger partial charge in [0.15, 0.2) is 6.29 Å². The van der Waals surface area contributed by atoms with Gasteiger partial charge in [-0.25, -0.2) is 4.79 Å². The molecule has 0 spiro atoms. The van der Waals surface area contributed by atoms with E-state index in [9.17, 15) is 9.59 Å². The van der Waals surface area contributed by atoms with Crippen LogP contribution < -0.4 is 0 Å². The zero-order chi connectivity index (χ0) is 18.9. The van der Waals surface area contributed by atoms with Crippen molar-refractivity contribution < 1.29 is 23.8 Å². The van der Waals surface area contributed by atoms with Gasteiger partial charge in [-0.15, -0.1) is 0 Å². The number of benzene rings is 2. The molecule has 0 radical (unpaired) electrons. The summed E-state index contributed by atoms with van der Waals surface area (Å²) in [5, 5.41) is 0. The van der Waals surface area contributed by atoms with Gasteiger partial charge in [0.2, 0.25) is 5.79 Å². The summed E-state index contributed by atoms with van der Waals surface area (Å²) in [4.78, 5) is 25.1. The number of ether oxygens (including phenoxy) is 3. The number of hydrogen-bond acceptors (Lipinski definition) is 5. The van der Waals surface area contributed by atoms with Crippen LogP contribution in [0.1, 0.15) is 17.0 Å². The van der Waals surface area contributed by atoms with Crippen LogP contribution in [0.5, 0.6) is 0 Å². The maximum Gasteiger partial charge on any atom is 0.409 e. The molecule has 2 aliphatic rings. The van der Waals surface area contributed by atoms with E-state index in [1.165, 1.54) is 16.0 Å². The van der Waals surface area contributed by atoms with Gasteiger partial charge in [-0.2, -0.15) is 0 Å². The van der Waals surface area contributed by atoms with E-state index < -0.39 is 11.9 Å². The molecule has 1 fully saturated rings. The molecule has 6 nitrogen and oxygen atoms in total. The number of likely N-dealkylation sites (N-methyl/N-ethyl adjacent to an activating group) is 1. The third-order valence-electron chi connectivity index (χ3n) is 5.06. The largest absolute Gasteiger partial charge is 0.448 e. The predicted molar refractivity (Wildman–Crippen MR) is 98.4 cm³/mol. The quantitative estimate of drug-likeness (QED) is 0.761. The highest BCUT2D eigenvalue weighted by Crippen LogP contribution is 2.44. The van der Waals surface area contributed by atoms with E-state index in [2.05, 4.69) is 24.3 Å². The van der Waals surface area contributed by atoms with Crippen LogP contribution in [0.3, 0.4) is 0 Å². The number of rotatable bonds is 5. The highest BCUT2D eigenvalue weighted by Gasteiger charge is 2.39. The summed E-state index contributed by atoms with van der Waals surface area (Å²) in [5.74, 6) is -1.39. The fraction of sp³-hybridized carbons (Fsp3) is 0.333. The molecule has 27 heavy (non-hydrogen) atoms. The van der Waals surface area contributed by atoms with E-state index in [1.807, 2.05) is 24.3 Å². The number of aldehydes is 1. The van der Waals surface area contributed by atoms with Gasteiger partial charge in [-0.1, -0.05) is 48.5 Å². The fourth-order valence-corrected chi connectivity index (χ4v) is 3.77. The number of amides is 1. The van der Waals surface area contributed by atoms with E-state index >= 15 is 0 Å². The first-order chi connectivity index (χ1) is 13.1. The molecule has 0 atom stereocenters. The van der Waals surface area contributed by atoms with Crippen molar-refractivity contribution in [3.8, 4) is 11.1 Å². The molecule has 1 aliphatic carbocycles. The Balaban J connectivity index is 1.45. The molecule has 0 unspecified atom stereocenters. The van der Waals surface area contributed by atoms with Crippen molar-refractivity contribution in [3.05, 3.63) is 59.7 Å². The van der Waals surface area contributed by atoms with Gasteiger partial charge in [0, 0.05) is 13.0 Å². The molecule has 1 aliphatic heterocycles. The Morgan fingerprint density at radius 1 is 1.11 bits per heavy atom. The third kappa shape index (κ3) is 3.22. The molecule has 6 heteroatoms. The van der Waals surface area contributed by atoms with Crippen LogP contribution in [0.15, 0.2) is 48.5 Å². The molecule has 140 valence electrons. The predicted octanol–water partition coefficient (Wildman–Crippen LogP) is 2.81. The summed E-state index contributed by atoms with van der Waals surface area (Å²) in [7, 11) is 1.56. The second-order valence-electron chi connectivity index (χ2n) is 6.79. The lowest BCUT2D eigenvalue weighted by molar-refractivity contribution is -0.170. The van der Waals surface area contributed by atoms with Crippen molar-refractivity contribution in [2.45, 2.75) is 11.7 Å². The topological polar surface area (TPSA) is 65.1 Å². The Kier molecular flexibility index (Phi) is 4.68. The molecule has 0 N–H and O–H groups in total. The van der Waals surface area contributed by atoms with Gasteiger partial charge >= 0.3 is 6.09 Å². The molecular formula is C21H21NO5. The van der Waals surface area contributed by atoms with Crippen molar-refractivity contribution in [1.82, 2.24) is 4.90 Å². The number of carbonyl (C=O) groups is 2. The molecule has 2 aromatic carbocycles. The van der Waals surface area contributed by atoms with E-state index in [0.717, 1.165) is 11.1 Å². The van der Waals surface area contributed by atoms with Crippen LogP contribution in [-0.2, 0) is 19.0 Å². The van der Waals surface area contributed by atoms with Crippen molar-refractivity contribution >= 4 is 12.4 Å². The average Bonchev–Trinajstić information content (AvgIpc) is 3.29. The summed E-state index contributed by atoms with van der Waals surface area (Å²) in [5.41, 5.74) is 4.66. The van der Waals surface area contributed by atoms with Gasteiger partial charge < -0.3 is 19.1 Å². The molecule has 0 aromatic heterocycles. The third-order valence-corrected chi connectivity index (χ3v) is 5.06. The second kappa shape index (κ2) is 7.13. The summed E-state index contributed by atoms with van der Waals surface area (Å²) in [6.07, 6.45) is 0.0740. The van der Waals surface area contributed by atoms with Crippen LogP contribution in [0.4, 0.5) is 4.79 Å². The van der Waals surface area contributed by atoms with E-state index in [4.69, 9.17) is 14.2 Å². The first-order valence-corrected chi connectivity index (χ1v) is 8.94. The maximum absolute atomic E-state index is 12.4. The first kappa shape index (κ1) is 17.7. The Morgan fingerprint density at radius 3 is 2.22 bits per heavy atom. The van der Waals surface area contributed by atoms with Crippen molar-refractivity contribution in [1.29, 1.82) is 0 Å². The van der Waals surface area contributed by atoms with Crippen LogP contribution in [0, 0.1) is 0 Å². The minimum absolute atomic E-state index is 0.00578. The lowest BCUT2D eigenvalue weighted by Gasteiger charge is -2.27. The van der Waals surface area contributed by atoms with Crippen LogP contribution in [-0.4, -0.2) is 56.5 Å². The Hall–Kier alpha value is -2.70. The van der Waals surface area contributed by atoms with E-state index in [0.29, 0.717) is 19.5 Å². The van der Waals surface area contributed by atoms with Crippen LogP contribution in [0.25, 0.3) is 11.1 Å². The standard InChI is InChI=1S/C21H21NO5/c1-22(13-21(14-23)26-10-11-27-21)20(24)25-12-19-17-8-4-2-6-15(17)16-7-3-5-9-18(16)19/h2-9,14,19H,10-13H2,1H3. The molecular weight excluding hydrogens is 346 g/mol. The monoisotopic (exact) mass is 367 g/mol. The summed E-state index contributed by atoms with van der Waals surface area (Å²) >= 11 is 0. The normalized spacial score (nSPS) is 17.2. The zero-order valence-electron chi connectivity index (χ0n) is 15.1. The molecule has 1 saturated heterocycles. The van der Waals surface area contributed by atoms with Gasteiger partial charge in [0.25, 0.3) is 0 Å². The van der Waals surface area contributed by atoms with Crippen molar-refractivity contribution in [2.75, 3.05) is 33.4 Å². The fourth-order valence-electron chi connectivity index (χ4n) is 3.77. The SMILES string of the molecule is CN(CC1(C=O)OCCO1)C(=O)OCC1c2ccccc2-c2ccccc21. The van der Waals surface area contributed by atoms with Gasteiger partial charge in [0.05, 0.1) is 19.8 Å². The van der Waals surface area contributed by atoms with Crippen LogP contribution >= 0.6 is 0 Å². The van der Waals surface area contributed by atoms with Crippen molar-refractivity contribution in [2.24, 2.45) is 0 Å². The number of hydrogen-bond donors (Lipinski definition) is 0. The van der Waals surface area contributed by atoms with Gasteiger partial charge in [-0.3, -0.25) is 4.79 Å². The van der Waals surface area contributed by atoms with E-state index in [-0.39, 0.29) is 19.1 Å². The van der Waals surface area contributed by atoms with E-state index in [1.54, 1.807) is 7.05 Å². The maximum atomic E-state index is 12.4. The lowest BCUT2D eigenvalue weighted by Crippen LogP contribution is -2.46. The molecule has 0 bridgehead atoms. The Bertz CT molecular complexity index is 814. The summed E-state index contributed by atoms with van der Waals surface area (Å²) in [6.45, 7) is 0.884. The highest BCUT2D eigenvalue weighted by molar-refractivity contribution is 5.79. The molecule has 0 saturated carbocycles. The highest BCUT2D eigenvalue weighted by atomic mass is 16.7. The minimum Gasteiger partial charge on any atom is -0.448 e. The summed E-state index contributed by atoms with van der Waals surface area (Å²) in [6, 6.07) is 16.3. The zero-order valence-corrected chi connectivity index (χ0v) is 15.1. The Morgan fingerprint density at radius 2 is 1.67 bits per heavy atom. The van der Waals surface area contributed by atoms with Crippen molar-refractivity contribution in [3.63, 3.8) is 0 Å². The number of fused-ring (bicyclic) bond motifs is 3. The van der Waals surface area contributed by atoms with Crippen LogP contribution in [0.2, 0.25) is 0 Å². The van der Waals surface area contributed by atoms with Gasteiger partial charge in [0.1, 0.15) is 6.61 Å². The number of nitrogens with zero attached hydrogens (tertiary/aromatic N) is 1. The molecule has 4 rings (SSSR count). The smallest absolute Gasteiger partial charge is 0.409 e. The molecule has 1 heterocycles. The second-order valence-corrected chi connectivity index (χ2v) is 6.79. The minimum atomic E-state index is -1.39. The first-order valence-electron chi connectivity index (χ1n) is 8.94.